The van der Waals surface area contributed by atoms with Gasteiger partial charge in [0.2, 0.25) is 0 Å². The summed E-state index contributed by atoms with van der Waals surface area (Å²) in [6.45, 7) is 7.48. The summed E-state index contributed by atoms with van der Waals surface area (Å²) in [4.78, 5) is 11.5. The molecule has 0 saturated carbocycles. The van der Waals surface area contributed by atoms with Crippen LogP contribution in [0.3, 0.4) is 0 Å². The van der Waals surface area contributed by atoms with Gasteiger partial charge in [-0.05, 0) is 36.1 Å². The molecule has 2 aromatic carbocycles. The van der Waals surface area contributed by atoms with Crippen LogP contribution < -0.4 is 0 Å². The van der Waals surface area contributed by atoms with Crippen LogP contribution in [0.25, 0.3) is 12.2 Å². The van der Waals surface area contributed by atoms with Crippen LogP contribution >= 0.6 is 0 Å². The second kappa shape index (κ2) is 9.00. The third-order valence-electron chi connectivity index (χ3n) is 3.90. The van der Waals surface area contributed by atoms with Crippen molar-refractivity contribution in [2.24, 2.45) is 0 Å². The lowest BCUT2D eigenvalue weighted by Crippen LogP contribution is -2.09. The summed E-state index contributed by atoms with van der Waals surface area (Å²) in [5.41, 5.74) is 5.61. The zero-order chi connectivity index (χ0) is 18.2. The van der Waals surface area contributed by atoms with Gasteiger partial charge in [0.1, 0.15) is 0 Å². The Balaban J connectivity index is 2.08. The Bertz CT molecular complexity index is 770. The topological polar surface area (TPSA) is 46.5 Å². The standard InChI is InChI=1S/C22H24O3/c1-16(2)22(24)25-13-12-20-14-19(10-11-21(20)15-23)9-8-18-6-4-17(3)5-7-18/h4-11,14,23H,1,12-13,15H2,2-3H3/b9-8+. The summed E-state index contributed by atoms with van der Waals surface area (Å²) < 4.78 is 5.15. The van der Waals surface area contributed by atoms with Crippen LogP contribution in [-0.4, -0.2) is 17.7 Å². The molecule has 0 aliphatic rings. The van der Waals surface area contributed by atoms with Gasteiger partial charge in [-0.25, -0.2) is 4.79 Å². The largest absolute Gasteiger partial charge is 0.462 e. The molecule has 0 aromatic heterocycles. The van der Waals surface area contributed by atoms with Crippen molar-refractivity contribution < 1.29 is 14.6 Å². The molecule has 1 N–H and O–H groups in total. The fourth-order valence-corrected chi connectivity index (χ4v) is 2.38. The number of aliphatic hydroxyl groups is 1. The highest BCUT2D eigenvalue weighted by atomic mass is 16.5. The first kappa shape index (κ1) is 18.7. The molecule has 0 heterocycles. The van der Waals surface area contributed by atoms with Crippen LogP contribution in [0.15, 0.2) is 54.6 Å². The fourth-order valence-electron chi connectivity index (χ4n) is 2.38. The van der Waals surface area contributed by atoms with Gasteiger partial charge in [0.15, 0.2) is 0 Å². The maximum absolute atomic E-state index is 11.5. The molecule has 0 amide bonds. The first-order valence-electron chi connectivity index (χ1n) is 8.29. The maximum atomic E-state index is 11.5. The van der Waals surface area contributed by atoms with E-state index in [2.05, 4.69) is 43.8 Å². The van der Waals surface area contributed by atoms with E-state index in [0.717, 1.165) is 22.3 Å². The van der Waals surface area contributed by atoms with Crippen molar-refractivity contribution >= 4 is 18.1 Å². The number of hydrogen-bond acceptors (Lipinski definition) is 3. The molecule has 3 nitrogen and oxygen atoms in total. The lowest BCUT2D eigenvalue weighted by atomic mass is 10.0. The van der Waals surface area contributed by atoms with Crippen LogP contribution in [0.4, 0.5) is 0 Å². The molecule has 0 radical (unpaired) electrons. The van der Waals surface area contributed by atoms with E-state index in [4.69, 9.17) is 4.74 Å². The number of esters is 1. The van der Waals surface area contributed by atoms with Gasteiger partial charge in [-0.3, -0.25) is 0 Å². The van der Waals surface area contributed by atoms with Crippen molar-refractivity contribution in [2.75, 3.05) is 6.61 Å². The Morgan fingerprint density at radius 2 is 1.72 bits per heavy atom. The van der Waals surface area contributed by atoms with Crippen LogP contribution in [0.1, 0.15) is 34.7 Å². The number of aryl methyl sites for hydroxylation is 1. The number of ether oxygens (including phenoxy) is 1. The zero-order valence-electron chi connectivity index (χ0n) is 14.8. The number of carbonyl (C=O) groups is 1. The maximum Gasteiger partial charge on any atom is 0.333 e. The van der Waals surface area contributed by atoms with Crippen molar-refractivity contribution in [3.05, 3.63) is 82.4 Å². The molecule has 0 bridgehead atoms. The molecule has 0 spiro atoms. The van der Waals surface area contributed by atoms with Gasteiger partial charge < -0.3 is 9.84 Å². The number of hydrogen-bond donors (Lipinski definition) is 1. The lowest BCUT2D eigenvalue weighted by molar-refractivity contribution is -0.138. The minimum atomic E-state index is -0.388. The predicted molar refractivity (Wildman–Crippen MR) is 102 cm³/mol. The van der Waals surface area contributed by atoms with E-state index in [-0.39, 0.29) is 19.2 Å². The van der Waals surface area contributed by atoms with Crippen LogP contribution in [0.2, 0.25) is 0 Å². The number of benzene rings is 2. The van der Waals surface area contributed by atoms with Crippen LogP contribution in [0, 0.1) is 6.92 Å². The number of rotatable bonds is 7. The van der Waals surface area contributed by atoms with Gasteiger partial charge in [0.25, 0.3) is 0 Å². The second-order valence-corrected chi connectivity index (χ2v) is 6.10. The summed E-state index contributed by atoms with van der Waals surface area (Å²) in [6, 6.07) is 14.2. The van der Waals surface area contributed by atoms with Crippen LogP contribution in [-0.2, 0) is 22.6 Å². The zero-order valence-corrected chi connectivity index (χ0v) is 14.8. The number of carbonyl (C=O) groups excluding carboxylic acids is 1. The van der Waals surface area contributed by atoms with E-state index >= 15 is 0 Å². The Morgan fingerprint density at radius 3 is 2.36 bits per heavy atom. The smallest absolute Gasteiger partial charge is 0.333 e. The molecule has 0 fully saturated rings. The first-order chi connectivity index (χ1) is 12.0. The van der Waals surface area contributed by atoms with Gasteiger partial charge in [0, 0.05) is 12.0 Å². The molecule has 0 aliphatic heterocycles. The minimum absolute atomic E-state index is 0.0360. The Morgan fingerprint density at radius 1 is 1.08 bits per heavy atom. The van der Waals surface area contributed by atoms with Crippen LogP contribution in [0.5, 0.6) is 0 Å². The summed E-state index contributed by atoms with van der Waals surface area (Å²) >= 11 is 0. The summed E-state index contributed by atoms with van der Waals surface area (Å²) in [6.07, 6.45) is 4.65. The molecule has 2 aromatic rings. The molecule has 3 heteroatoms. The highest BCUT2D eigenvalue weighted by molar-refractivity contribution is 5.86. The molecular weight excluding hydrogens is 312 g/mol. The molecule has 0 aliphatic carbocycles. The third-order valence-corrected chi connectivity index (χ3v) is 3.90. The first-order valence-corrected chi connectivity index (χ1v) is 8.29. The molecule has 25 heavy (non-hydrogen) atoms. The minimum Gasteiger partial charge on any atom is -0.462 e. The average Bonchev–Trinajstić information content (AvgIpc) is 2.61. The van der Waals surface area contributed by atoms with Crippen molar-refractivity contribution in [3.8, 4) is 0 Å². The summed E-state index contributed by atoms with van der Waals surface area (Å²) in [5.74, 6) is -0.388. The summed E-state index contributed by atoms with van der Waals surface area (Å²) in [5, 5.41) is 9.50. The summed E-state index contributed by atoms with van der Waals surface area (Å²) in [7, 11) is 0. The predicted octanol–water partition coefficient (Wildman–Crippen LogP) is 4.32. The highest BCUT2D eigenvalue weighted by Crippen LogP contribution is 2.16. The molecular formula is C22H24O3. The molecule has 0 atom stereocenters. The molecule has 2 rings (SSSR count). The highest BCUT2D eigenvalue weighted by Gasteiger charge is 2.06. The van der Waals surface area contributed by atoms with Crippen molar-refractivity contribution in [1.29, 1.82) is 0 Å². The number of aliphatic hydroxyl groups excluding tert-OH is 1. The van der Waals surface area contributed by atoms with Gasteiger partial charge in [-0.2, -0.15) is 0 Å². The van der Waals surface area contributed by atoms with Gasteiger partial charge >= 0.3 is 5.97 Å². The van der Waals surface area contributed by atoms with Crippen molar-refractivity contribution in [3.63, 3.8) is 0 Å². The Hall–Kier alpha value is -2.65. The van der Waals surface area contributed by atoms with Gasteiger partial charge in [0.05, 0.1) is 13.2 Å². The lowest BCUT2D eigenvalue weighted by Gasteiger charge is -2.10. The van der Waals surface area contributed by atoms with E-state index in [1.165, 1.54) is 5.56 Å². The normalized spacial score (nSPS) is 10.8. The Kier molecular flexibility index (Phi) is 6.72. The quantitative estimate of drug-likeness (QED) is 0.465. The third kappa shape index (κ3) is 5.73. The fraction of sp³-hybridized carbons (Fsp3) is 0.227. The van der Waals surface area contributed by atoms with E-state index in [1.54, 1.807) is 6.92 Å². The molecule has 0 saturated heterocycles. The van der Waals surface area contributed by atoms with E-state index in [0.29, 0.717) is 12.0 Å². The molecule has 0 unspecified atom stereocenters. The van der Waals surface area contributed by atoms with Crippen molar-refractivity contribution in [2.45, 2.75) is 26.9 Å². The van der Waals surface area contributed by atoms with Crippen molar-refractivity contribution in [1.82, 2.24) is 0 Å². The van der Waals surface area contributed by atoms with Gasteiger partial charge in [-0.1, -0.05) is 66.8 Å². The molecule has 130 valence electrons. The van der Waals surface area contributed by atoms with E-state index < -0.39 is 0 Å². The Labute approximate surface area is 149 Å². The average molecular weight is 336 g/mol. The monoisotopic (exact) mass is 336 g/mol. The second-order valence-electron chi connectivity index (χ2n) is 6.10. The van der Waals surface area contributed by atoms with E-state index in [1.807, 2.05) is 24.3 Å². The SMILES string of the molecule is C=C(C)C(=O)OCCc1cc(/C=C/c2ccc(C)cc2)ccc1CO. The van der Waals surface area contributed by atoms with E-state index in [9.17, 15) is 9.90 Å². The van der Waals surface area contributed by atoms with Gasteiger partial charge in [-0.15, -0.1) is 0 Å².